The van der Waals surface area contributed by atoms with Crippen molar-refractivity contribution in [3.8, 4) is 11.1 Å². The van der Waals surface area contributed by atoms with Gasteiger partial charge in [0.1, 0.15) is 0 Å². The zero-order valence-electron chi connectivity index (χ0n) is 40.4. The Hall–Kier alpha value is -6.52. The number of hydrogen-bond acceptors (Lipinski definition) is 16. The van der Waals surface area contributed by atoms with Gasteiger partial charge in [-0.15, -0.1) is 0 Å². The predicted molar refractivity (Wildman–Crippen MR) is 281 cm³/mol. The Morgan fingerprint density at radius 2 is 0.729 bits per heavy atom. The summed E-state index contributed by atoms with van der Waals surface area (Å²) in [6.45, 7) is 9.93. The maximum absolute atomic E-state index is 15.0. The minimum absolute atomic E-state index is 0.0949. The molecule has 16 heteroatoms. The van der Waals surface area contributed by atoms with Crippen molar-refractivity contribution in [3.63, 3.8) is 0 Å². The predicted octanol–water partition coefficient (Wildman–Crippen LogP) is 12.5. The van der Waals surface area contributed by atoms with Crippen LogP contribution in [-0.2, 0) is 0 Å². The average molecular weight is 977 g/mol. The molecular weight excluding hydrogens is 917 g/mol. The lowest BCUT2D eigenvalue weighted by Crippen LogP contribution is -2.25. The summed E-state index contributed by atoms with van der Waals surface area (Å²) in [6, 6.07) is 20.3. The van der Waals surface area contributed by atoms with E-state index in [2.05, 4.69) is 49.0 Å². The smallest absolute Gasteiger partial charge is 0.233 e. The second-order valence-electron chi connectivity index (χ2n) is 17.4. The van der Waals surface area contributed by atoms with Crippen molar-refractivity contribution in [2.45, 2.75) is 115 Å². The summed E-state index contributed by atoms with van der Waals surface area (Å²) in [5.41, 5.74) is 2.65. The highest BCUT2D eigenvalue weighted by Gasteiger charge is 2.39. The summed E-state index contributed by atoms with van der Waals surface area (Å²) >= 11 is 3.09. The number of unbranched alkanes of at least 4 members (excludes halogenated alkanes) is 8. The Morgan fingerprint density at radius 3 is 1.10 bits per heavy atom. The van der Waals surface area contributed by atoms with E-state index in [1.807, 2.05) is 0 Å². The molecule has 0 unspecified atom stereocenters. The molecule has 362 valence electrons. The van der Waals surface area contributed by atoms with E-state index in [1.54, 1.807) is 96.3 Å². The SMILES string of the molecule is CCCCCCSc1nc(NCCCC)nc(Nc2ccc(-c3ccc(Nc4nc(NCCCC)nc(SCCCCCC)n4)c4c3C(=O)c3ccccc3C4=O)c3c2C(=O)c2ccccc2C3=O)n1. The third kappa shape index (κ3) is 11.2. The summed E-state index contributed by atoms with van der Waals surface area (Å²) in [4.78, 5) is 88.0. The van der Waals surface area contributed by atoms with Crippen molar-refractivity contribution >= 4 is 81.8 Å². The van der Waals surface area contributed by atoms with Crippen molar-refractivity contribution in [1.29, 1.82) is 0 Å². The number of benzene rings is 4. The molecule has 0 fully saturated rings. The van der Waals surface area contributed by atoms with Gasteiger partial charge in [-0.05, 0) is 48.9 Å². The maximum Gasteiger partial charge on any atom is 0.233 e. The monoisotopic (exact) mass is 976 g/mol. The number of fused-ring (bicyclic) bond motifs is 4. The normalized spacial score (nSPS) is 12.6. The van der Waals surface area contributed by atoms with Crippen molar-refractivity contribution < 1.29 is 19.2 Å². The first-order chi connectivity index (χ1) is 34.2. The summed E-state index contributed by atoms with van der Waals surface area (Å²) in [7, 11) is 0. The molecule has 8 rings (SSSR count). The highest BCUT2D eigenvalue weighted by atomic mass is 32.2. The van der Waals surface area contributed by atoms with E-state index in [4.69, 9.17) is 29.9 Å². The lowest BCUT2D eigenvalue weighted by atomic mass is 9.75. The summed E-state index contributed by atoms with van der Waals surface area (Å²) in [5.74, 6) is 1.34. The van der Waals surface area contributed by atoms with Crippen LogP contribution in [0, 0.1) is 0 Å². The van der Waals surface area contributed by atoms with Gasteiger partial charge >= 0.3 is 0 Å². The van der Waals surface area contributed by atoms with Gasteiger partial charge in [-0.3, -0.25) is 19.2 Å². The molecule has 0 aliphatic heterocycles. The number of carbonyl (C=O) groups excluding carboxylic acids is 4. The van der Waals surface area contributed by atoms with Gasteiger partial charge in [-0.1, -0.05) is 163 Å². The second-order valence-corrected chi connectivity index (χ2v) is 19.5. The Balaban J connectivity index is 1.24. The molecule has 4 N–H and O–H groups in total. The van der Waals surface area contributed by atoms with Crippen molar-refractivity contribution in [1.82, 2.24) is 29.9 Å². The number of anilines is 6. The molecule has 2 aliphatic rings. The lowest BCUT2D eigenvalue weighted by Gasteiger charge is -2.26. The molecule has 0 radical (unpaired) electrons. The van der Waals surface area contributed by atoms with Crippen LogP contribution in [0.3, 0.4) is 0 Å². The molecule has 2 aromatic heterocycles. The summed E-state index contributed by atoms with van der Waals surface area (Å²) in [6.07, 6.45) is 12.7. The molecule has 0 atom stereocenters. The summed E-state index contributed by atoms with van der Waals surface area (Å²) in [5, 5.41) is 14.3. The molecule has 0 amide bonds. The van der Waals surface area contributed by atoms with Crippen LogP contribution in [0.4, 0.5) is 35.2 Å². The zero-order chi connectivity index (χ0) is 49.0. The number of ketones is 4. The van der Waals surface area contributed by atoms with Gasteiger partial charge in [0.25, 0.3) is 0 Å². The maximum atomic E-state index is 15.0. The van der Waals surface area contributed by atoms with Gasteiger partial charge in [-0.25, -0.2) is 0 Å². The quantitative estimate of drug-likeness (QED) is 0.0312. The topological polar surface area (TPSA) is 194 Å². The second kappa shape index (κ2) is 23.9. The van der Waals surface area contributed by atoms with E-state index < -0.39 is 11.6 Å². The molecule has 6 aromatic rings. The van der Waals surface area contributed by atoms with E-state index >= 15 is 0 Å². The highest BCUT2D eigenvalue weighted by Crippen LogP contribution is 2.44. The molecule has 14 nitrogen and oxygen atoms in total. The first-order valence-corrected chi connectivity index (χ1v) is 26.7. The number of carbonyl (C=O) groups is 4. The fourth-order valence-electron chi connectivity index (χ4n) is 8.59. The van der Waals surface area contributed by atoms with E-state index in [0.717, 1.165) is 88.6 Å². The number of rotatable bonds is 25. The van der Waals surface area contributed by atoms with Crippen molar-refractivity contribution in [2.24, 2.45) is 0 Å². The van der Waals surface area contributed by atoms with Gasteiger partial charge in [0, 0.05) is 58.0 Å². The van der Waals surface area contributed by atoms with E-state index in [0.29, 0.717) is 57.8 Å². The van der Waals surface area contributed by atoms with Gasteiger partial charge in [0.05, 0.1) is 22.5 Å². The molecule has 4 aromatic carbocycles. The Kier molecular flexibility index (Phi) is 17.0. The Bertz CT molecular complexity index is 2720. The van der Waals surface area contributed by atoms with E-state index in [9.17, 15) is 19.2 Å². The van der Waals surface area contributed by atoms with Crippen molar-refractivity contribution in [2.75, 3.05) is 45.9 Å². The minimum atomic E-state index is -0.399. The molecule has 0 saturated heterocycles. The number of aromatic nitrogens is 6. The Morgan fingerprint density at radius 1 is 0.371 bits per heavy atom. The number of nitrogens with zero attached hydrogens (tertiary/aromatic N) is 6. The van der Waals surface area contributed by atoms with E-state index in [-0.39, 0.29) is 68.0 Å². The largest absolute Gasteiger partial charge is 0.354 e. The number of thioether (sulfide) groups is 2. The van der Waals surface area contributed by atoms with Crippen LogP contribution in [0.25, 0.3) is 11.1 Å². The van der Waals surface area contributed by atoms with Crippen molar-refractivity contribution in [3.05, 3.63) is 117 Å². The molecule has 2 heterocycles. The molecular formula is C54H60N10O4S2. The fourth-order valence-corrected chi connectivity index (χ4v) is 10.3. The zero-order valence-corrected chi connectivity index (χ0v) is 42.0. The van der Waals surface area contributed by atoms with E-state index in [1.165, 1.54) is 0 Å². The van der Waals surface area contributed by atoms with Crippen LogP contribution in [-0.4, -0.2) is 77.6 Å². The van der Waals surface area contributed by atoms with Crippen LogP contribution in [0.5, 0.6) is 0 Å². The third-order valence-corrected chi connectivity index (χ3v) is 14.1. The summed E-state index contributed by atoms with van der Waals surface area (Å²) < 4.78 is 0. The lowest BCUT2D eigenvalue weighted by molar-refractivity contribution is 0.0978. The van der Waals surface area contributed by atoms with Crippen LogP contribution in [0.15, 0.2) is 83.1 Å². The third-order valence-electron chi connectivity index (χ3n) is 12.2. The number of nitrogens with one attached hydrogen (secondary N) is 4. The van der Waals surface area contributed by atoms with Gasteiger partial charge < -0.3 is 21.3 Å². The highest BCUT2D eigenvalue weighted by molar-refractivity contribution is 7.99. The molecule has 0 spiro atoms. The van der Waals surface area contributed by atoms with Gasteiger partial charge in [0.2, 0.25) is 23.8 Å². The Labute approximate surface area is 418 Å². The molecule has 0 bridgehead atoms. The van der Waals surface area contributed by atoms with Crippen LogP contribution < -0.4 is 21.3 Å². The average Bonchev–Trinajstić information content (AvgIpc) is 3.37. The first kappa shape index (κ1) is 49.9. The molecule has 0 saturated carbocycles. The van der Waals surface area contributed by atoms with Crippen LogP contribution >= 0.6 is 23.5 Å². The van der Waals surface area contributed by atoms with Crippen LogP contribution in [0.2, 0.25) is 0 Å². The first-order valence-electron chi connectivity index (χ1n) is 24.7. The fraction of sp³-hybridized carbons (Fsp3) is 0.370. The van der Waals surface area contributed by atoms with Crippen LogP contribution in [0.1, 0.15) is 168 Å². The standard InChI is InChI=1S/C54H60N10O4S2/c1-5-9-13-19-31-69-53-61-49(55-29-11-7-3)59-51(63-53)57-39-27-25-33(41-43(39)47(67)37-23-17-15-21-35(37)45(41)65)34-26-28-40(44-42(34)46(66)36-22-16-18-24-38(36)48(44)68)58-52-60-50(56-30-12-8-4)62-54(64-52)70-32-20-14-10-6-2/h15-18,21-28H,5-14,19-20,29-32H2,1-4H3,(H2,55,57,59,61,63)(H2,56,58,60,62,64). The molecule has 70 heavy (non-hydrogen) atoms. The number of hydrogen-bond donors (Lipinski definition) is 4. The molecule has 2 aliphatic carbocycles. The van der Waals surface area contributed by atoms with Gasteiger partial charge in [-0.2, -0.15) is 29.9 Å². The van der Waals surface area contributed by atoms with Gasteiger partial charge in [0.15, 0.2) is 33.4 Å². The minimum Gasteiger partial charge on any atom is -0.354 e.